The van der Waals surface area contributed by atoms with Crippen LogP contribution in [0, 0.1) is 17.8 Å². The Kier molecular flexibility index (Phi) is 7.52. The third kappa shape index (κ3) is 5.58. The molecule has 5 atom stereocenters. The van der Waals surface area contributed by atoms with Crippen molar-refractivity contribution >= 4 is 11.9 Å². The lowest BCUT2D eigenvalue weighted by molar-refractivity contribution is -0.135. The van der Waals surface area contributed by atoms with Gasteiger partial charge in [-0.15, -0.1) is 0 Å². The molecule has 0 aromatic heterocycles. The summed E-state index contributed by atoms with van der Waals surface area (Å²) in [5.41, 5.74) is -0.402. The van der Waals surface area contributed by atoms with Crippen molar-refractivity contribution in [3.8, 4) is 0 Å². The molecule has 1 heterocycles. The number of nitrogens with zero attached hydrogens (tertiary/aromatic N) is 1. The number of benzene rings is 1. The molecule has 7 nitrogen and oxygen atoms in total. The zero-order chi connectivity index (χ0) is 24.3. The summed E-state index contributed by atoms with van der Waals surface area (Å²) >= 11 is 0. The molecule has 3 rings (SSSR count). The number of allylic oxidation sites excluding steroid dienone is 1. The number of hydrogen-bond acceptors (Lipinski definition) is 5. The lowest BCUT2D eigenvalue weighted by Crippen LogP contribution is -2.45. The standard InChI is InChI=1S/C26H35NO6/c1-16-10-17(2)15-27(14-16)23(28)12-21(18-6-8-19(9-7-18)25(29)30)24-22(33-5)11-20(32-4)13-26(24,3)31/h6-9,11,13,16-17,21,24,31H,10,12,14-15H2,1-5H3,(H,29,30)/t16?,17?,21?,24?,26-/m1/s1. The lowest BCUT2D eigenvalue weighted by atomic mass is 9.70. The van der Waals surface area contributed by atoms with Crippen molar-refractivity contribution in [3.05, 3.63) is 59.1 Å². The predicted molar refractivity (Wildman–Crippen MR) is 125 cm³/mol. The Morgan fingerprint density at radius 3 is 2.24 bits per heavy atom. The van der Waals surface area contributed by atoms with Crippen LogP contribution in [0.2, 0.25) is 0 Å². The first-order chi connectivity index (χ1) is 15.6. The Hall–Kier alpha value is -2.80. The average Bonchev–Trinajstić information content (AvgIpc) is 2.76. The second-order valence-electron chi connectivity index (χ2n) is 9.69. The van der Waals surface area contributed by atoms with Gasteiger partial charge in [0.15, 0.2) is 0 Å². The Morgan fingerprint density at radius 2 is 1.73 bits per heavy atom. The van der Waals surface area contributed by atoms with Gasteiger partial charge < -0.3 is 24.6 Å². The maximum Gasteiger partial charge on any atom is 0.335 e. The van der Waals surface area contributed by atoms with Crippen LogP contribution in [0.4, 0.5) is 0 Å². The monoisotopic (exact) mass is 457 g/mol. The number of methoxy groups -OCH3 is 2. The number of carbonyl (C=O) groups excluding carboxylic acids is 1. The smallest absolute Gasteiger partial charge is 0.335 e. The van der Waals surface area contributed by atoms with Crippen LogP contribution in [0.5, 0.6) is 0 Å². The summed E-state index contributed by atoms with van der Waals surface area (Å²) in [7, 11) is 3.06. The van der Waals surface area contributed by atoms with Gasteiger partial charge in [-0.25, -0.2) is 4.79 Å². The maximum absolute atomic E-state index is 13.5. The number of piperidine rings is 1. The van der Waals surface area contributed by atoms with E-state index in [1.54, 1.807) is 31.2 Å². The van der Waals surface area contributed by atoms with Crippen LogP contribution in [-0.2, 0) is 14.3 Å². The number of carboxylic acids is 1. The minimum absolute atomic E-state index is 0.0217. The predicted octanol–water partition coefficient (Wildman–Crippen LogP) is 3.80. The van der Waals surface area contributed by atoms with Crippen LogP contribution >= 0.6 is 0 Å². The number of ether oxygens (including phenoxy) is 2. The Labute approximate surface area is 195 Å². The largest absolute Gasteiger partial charge is 0.501 e. The second kappa shape index (κ2) is 10.00. The van der Waals surface area contributed by atoms with Crippen LogP contribution in [0.15, 0.2) is 47.9 Å². The first-order valence-corrected chi connectivity index (χ1v) is 11.4. The number of carbonyl (C=O) groups is 2. The van der Waals surface area contributed by atoms with Crippen LogP contribution in [-0.4, -0.2) is 59.9 Å². The summed E-state index contributed by atoms with van der Waals surface area (Å²) in [4.78, 5) is 26.7. The molecule has 0 bridgehead atoms. The zero-order valence-corrected chi connectivity index (χ0v) is 20.1. The third-order valence-corrected chi connectivity index (χ3v) is 6.73. The summed E-state index contributed by atoms with van der Waals surface area (Å²) in [5, 5.41) is 20.7. The molecule has 1 amide bonds. The van der Waals surface area contributed by atoms with Crippen molar-refractivity contribution in [2.75, 3.05) is 27.3 Å². The number of rotatable bonds is 7. The zero-order valence-electron chi connectivity index (χ0n) is 20.1. The summed E-state index contributed by atoms with van der Waals surface area (Å²) in [6, 6.07) is 6.51. The van der Waals surface area contributed by atoms with E-state index in [1.165, 1.54) is 26.4 Å². The molecule has 33 heavy (non-hydrogen) atoms. The van der Waals surface area contributed by atoms with Gasteiger partial charge in [-0.1, -0.05) is 26.0 Å². The molecule has 1 aliphatic heterocycles. The highest BCUT2D eigenvalue weighted by Crippen LogP contribution is 2.44. The topological polar surface area (TPSA) is 96.3 Å². The van der Waals surface area contributed by atoms with E-state index in [2.05, 4.69) is 13.8 Å². The lowest BCUT2D eigenvalue weighted by Gasteiger charge is -2.41. The molecule has 1 saturated heterocycles. The van der Waals surface area contributed by atoms with E-state index in [0.29, 0.717) is 23.4 Å². The van der Waals surface area contributed by atoms with Crippen molar-refractivity contribution in [3.63, 3.8) is 0 Å². The van der Waals surface area contributed by atoms with E-state index >= 15 is 0 Å². The molecule has 1 aliphatic carbocycles. The van der Waals surface area contributed by atoms with Crippen LogP contribution in [0.1, 0.15) is 55.5 Å². The van der Waals surface area contributed by atoms with Gasteiger partial charge in [0.25, 0.3) is 0 Å². The number of hydrogen-bond donors (Lipinski definition) is 2. The highest BCUT2D eigenvalue weighted by Gasteiger charge is 2.44. The van der Waals surface area contributed by atoms with E-state index in [4.69, 9.17) is 9.47 Å². The molecule has 7 heteroatoms. The number of amides is 1. The van der Waals surface area contributed by atoms with Crippen molar-refractivity contribution in [1.29, 1.82) is 0 Å². The molecule has 1 aromatic carbocycles. The summed E-state index contributed by atoms with van der Waals surface area (Å²) < 4.78 is 11.0. The maximum atomic E-state index is 13.5. The van der Waals surface area contributed by atoms with Crippen LogP contribution in [0.25, 0.3) is 0 Å². The summed E-state index contributed by atoms with van der Waals surface area (Å²) in [5.74, 6) is -0.105. The Morgan fingerprint density at radius 1 is 1.12 bits per heavy atom. The molecule has 2 aliphatic rings. The third-order valence-electron chi connectivity index (χ3n) is 6.73. The Bertz CT molecular complexity index is 923. The second-order valence-corrected chi connectivity index (χ2v) is 9.69. The van der Waals surface area contributed by atoms with Gasteiger partial charge in [-0.3, -0.25) is 4.79 Å². The van der Waals surface area contributed by atoms with Crippen molar-refractivity contribution < 1.29 is 29.3 Å². The summed E-state index contributed by atoms with van der Waals surface area (Å²) in [6.45, 7) is 7.43. The van der Waals surface area contributed by atoms with Gasteiger partial charge in [0, 0.05) is 31.5 Å². The van der Waals surface area contributed by atoms with Crippen molar-refractivity contribution in [2.24, 2.45) is 17.8 Å². The number of carboxylic acid groups (broad SMARTS) is 1. The normalized spacial score (nSPS) is 28.4. The fourth-order valence-corrected chi connectivity index (χ4v) is 5.33. The fraction of sp³-hybridized carbons (Fsp3) is 0.538. The minimum atomic E-state index is -1.34. The first-order valence-electron chi connectivity index (χ1n) is 11.4. The molecule has 180 valence electrons. The van der Waals surface area contributed by atoms with E-state index < -0.39 is 23.4 Å². The molecule has 1 aromatic rings. The SMILES string of the molecule is COC1=C[C@@](C)(O)C(C(CC(=O)N2CC(C)CC(C)C2)c2ccc(C(=O)O)cc2)C(OC)=C1. The minimum Gasteiger partial charge on any atom is -0.501 e. The molecule has 4 unspecified atom stereocenters. The van der Waals surface area contributed by atoms with Gasteiger partial charge in [-0.2, -0.15) is 0 Å². The van der Waals surface area contributed by atoms with E-state index in [0.717, 1.165) is 25.1 Å². The first kappa shape index (κ1) is 24.8. The van der Waals surface area contributed by atoms with Gasteiger partial charge in [-0.05, 0) is 49.0 Å². The van der Waals surface area contributed by atoms with Crippen molar-refractivity contribution in [2.45, 2.75) is 45.1 Å². The molecule has 0 radical (unpaired) electrons. The highest BCUT2D eigenvalue weighted by molar-refractivity contribution is 5.87. The van der Waals surface area contributed by atoms with Gasteiger partial charge in [0.2, 0.25) is 5.91 Å². The van der Waals surface area contributed by atoms with E-state index in [9.17, 15) is 19.8 Å². The molecule has 2 N–H and O–H groups in total. The molecule has 0 spiro atoms. The number of likely N-dealkylation sites (tertiary alicyclic amines) is 1. The van der Waals surface area contributed by atoms with Gasteiger partial charge in [0.1, 0.15) is 11.5 Å². The van der Waals surface area contributed by atoms with E-state index in [-0.39, 0.29) is 17.9 Å². The number of aromatic carboxylic acids is 1. The number of aliphatic hydroxyl groups is 1. The van der Waals surface area contributed by atoms with Gasteiger partial charge >= 0.3 is 5.97 Å². The van der Waals surface area contributed by atoms with Crippen molar-refractivity contribution in [1.82, 2.24) is 4.90 Å². The fourth-order valence-electron chi connectivity index (χ4n) is 5.33. The van der Waals surface area contributed by atoms with Crippen LogP contribution < -0.4 is 0 Å². The quantitative estimate of drug-likeness (QED) is 0.647. The molecular weight excluding hydrogens is 422 g/mol. The molecular formula is C26H35NO6. The molecule has 0 saturated carbocycles. The highest BCUT2D eigenvalue weighted by atomic mass is 16.5. The Balaban J connectivity index is 2.00. The average molecular weight is 458 g/mol. The summed E-state index contributed by atoms with van der Waals surface area (Å²) in [6.07, 6.45) is 4.64. The van der Waals surface area contributed by atoms with Gasteiger partial charge in [0.05, 0.1) is 31.3 Å². The molecule has 1 fully saturated rings. The van der Waals surface area contributed by atoms with Crippen LogP contribution in [0.3, 0.4) is 0 Å². The van der Waals surface area contributed by atoms with E-state index in [1.807, 2.05) is 4.90 Å².